The van der Waals surface area contributed by atoms with Gasteiger partial charge in [0.25, 0.3) is 0 Å². The number of hydrogen-bond donors (Lipinski definition) is 1. The highest BCUT2D eigenvalue weighted by molar-refractivity contribution is 5.69. The molecule has 2 aliphatic rings. The molecule has 0 bridgehead atoms. The zero-order chi connectivity index (χ0) is 11.2. The lowest BCUT2D eigenvalue weighted by molar-refractivity contribution is 0.0107. The lowest BCUT2D eigenvalue weighted by Gasteiger charge is -2.41. The van der Waals surface area contributed by atoms with Gasteiger partial charge in [-0.15, -0.1) is 0 Å². The average Bonchev–Trinajstić information content (AvgIpc) is 2.38. The molecule has 0 unspecified atom stereocenters. The van der Waals surface area contributed by atoms with Crippen LogP contribution in [0.1, 0.15) is 33.6 Å². The van der Waals surface area contributed by atoms with Gasteiger partial charge in [-0.05, 0) is 39.5 Å². The number of carbonyl (C=O) groups excluding carboxylic acids is 1. The first-order chi connectivity index (χ1) is 6.88. The highest BCUT2D eigenvalue weighted by atomic mass is 16.6. The molecule has 1 aliphatic carbocycles. The quantitative estimate of drug-likeness (QED) is 0.659. The van der Waals surface area contributed by atoms with E-state index in [1.807, 2.05) is 25.7 Å². The highest BCUT2D eigenvalue weighted by Gasteiger charge is 2.49. The van der Waals surface area contributed by atoms with Gasteiger partial charge in [-0.25, -0.2) is 4.79 Å². The van der Waals surface area contributed by atoms with Crippen LogP contribution in [0.2, 0.25) is 0 Å². The van der Waals surface area contributed by atoms with Gasteiger partial charge in [0.2, 0.25) is 0 Å². The zero-order valence-electron chi connectivity index (χ0n) is 9.69. The van der Waals surface area contributed by atoms with E-state index in [1.54, 1.807) is 0 Å². The van der Waals surface area contributed by atoms with Crippen LogP contribution in [0, 0.1) is 5.92 Å². The first-order valence-electron chi connectivity index (χ1n) is 5.64. The maximum Gasteiger partial charge on any atom is 0.410 e. The Hall–Kier alpha value is -0.770. The summed E-state index contributed by atoms with van der Waals surface area (Å²) in [7, 11) is 0. The van der Waals surface area contributed by atoms with E-state index in [9.17, 15) is 4.79 Å². The molecule has 1 heterocycles. The summed E-state index contributed by atoms with van der Waals surface area (Å²) in [5.41, 5.74) is 5.47. The molecule has 86 valence electrons. The molecular formula is C11H20N2O2. The van der Waals surface area contributed by atoms with Crippen molar-refractivity contribution in [2.24, 2.45) is 11.7 Å². The van der Waals surface area contributed by atoms with Crippen LogP contribution in [0.4, 0.5) is 4.79 Å². The van der Waals surface area contributed by atoms with Crippen molar-refractivity contribution >= 4 is 6.09 Å². The Bertz CT molecular complexity index is 272. The van der Waals surface area contributed by atoms with Gasteiger partial charge in [0.05, 0.1) is 0 Å². The Morgan fingerprint density at radius 2 is 2.13 bits per heavy atom. The molecule has 1 saturated heterocycles. The van der Waals surface area contributed by atoms with Gasteiger partial charge in [-0.3, -0.25) is 0 Å². The average molecular weight is 212 g/mol. The maximum atomic E-state index is 11.8. The molecular weight excluding hydrogens is 192 g/mol. The molecule has 0 aromatic carbocycles. The van der Waals surface area contributed by atoms with Gasteiger partial charge in [0.15, 0.2) is 0 Å². The Labute approximate surface area is 90.8 Å². The first kappa shape index (κ1) is 10.7. The molecule has 1 saturated carbocycles. The summed E-state index contributed by atoms with van der Waals surface area (Å²) in [6.07, 6.45) is 1.79. The van der Waals surface area contributed by atoms with Crippen molar-refractivity contribution < 1.29 is 9.53 Å². The number of amides is 1. The number of likely N-dealkylation sites (tertiary alicyclic amines) is 1. The number of nitrogens with zero attached hydrogens (tertiary/aromatic N) is 1. The van der Waals surface area contributed by atoms with Crippen molar-refractivity contribution in [3.8, 4) is 0 Å². The molecule has 0 aromatic heterocycles. The summed E-state index contributed by atoms with van der Waals surface area (Å²) in [5.74, 6) is 0.512. The molecule has 0 aromatic rings. The first-order valence-corrected chi connectivity index (χ1v) is 5.64. The molecule has 4 heteroatoms. The smallest absolute Gasteiger partial charge is 0.410 e. The second kappa shape index (κ2) is 3.37. The molecule has 3 atom stereocenters. The molecule has 0 radical (unpaired) electrons. The van der Waals surface area contributed by atoms with Gasteiger partial charge in [0.1, 0.15) is 5.60 Å². The molecule has 15 heavy (non-hydrogen) atoms. The van der Waals surface area contributed by atoms with Crippen LogP contribution in [0.5, 0.6) is 0 Å². The van der Waals surface area contributed by atoms with Crippen LogP contribution >= 0.6 is 0 Å². The van der Waals surface area contributed by atoms with Gasteiger partial charge < -0.3 is 15.4 Å². The summed E-state index contributed by atoms with van der Waals surface area (Å²) >= 11 is 0. The van der Waals surface area contributed by atoms with Crippen molar-refractivity contribution in [1.29, 1.82) is 0 Å². The summed E-state index contributed by atoms with van der Waals surface area (Å²) in [5, 5.41) is 0. The van der Waals surface area contributed by atoms with Crippen LogP contribution in [0.25, 0.3) is 0 Å². The topological polar surface area (TPSA) is 55.6 Å². The van der Waals surface area contributed by atoms with E-state index in [4.69, 9.17) is 10.5 Å². The van der Waals surface area contributed by atoms with Crippen LogP contribution in [0.3, 0.4) is 0 Å². The normalized spacial score (nSPS) is 34.7. The van der Waals surface area contributed by atoms with E-state index in [0.29, 0.717) is 18.0 Å². The number of rotatable bonds is 0. The van der Waals surface area contributed by atoms with E-state index in [-0.39, 0.29) is 6.09 Å². The summed E-state index contributed by atoms with van der Waals surface area (Å²) in [4.78, 5) is 13.7. The zero-order valence-corrected chi connectivity index (χ0v) is 9.69. The van der Waals surface area contributed by atoms with Gasteiger partial charge >= 0.3 is 6.09 Å². The Morgan fingerprint density at radius 1 is 1.47 bits per heavy atom. The Balaban J connectivity index is 1.93. The molecule has 2 fully saturated rings. The van der Waals surface area contributed by atoms with E-state index < -0.39 is 5.60 Å². The molecule has 2 N–H and O–H groups in total. The Kier molecular flexibility index (Phi) is 2.41. The van der Waals surface area contributed by atoms with Gasteiger partial charge in [-0.1, -0.05) is 0 Å². The fourth-order valence-electron chi connectivity index (χ4n) is 2.48. The maximum absolute atomic E-state index is 11.8. The molecule has 1 aliphatic heterocycles. The monoisotopic (exact) mass is 212 g/mol. The lowest BCUT2D eigenvalue weighted by Crippen LogP contribution is -2.55. The molecule has 0 spiro atoms. The van der Waals surface area contributed by atoms with Crippen LogP contribution in [0.15, 0.2) is 0 Å². The van der Waals surface area contributed by atoms with Gasteiger partial charge in [0, 0.05) is 18.6 Å². The third-order valence-electron chi connectivity index (χ3n) is 3.29. The largest absolute Gasteiger partial charge is 0.444 e. The standard InChI is InChI=1S/C11H20N2O2/c1-11(2,3)15-10(14)13-5-4-7-8(12)6-9(7)13/h7-9H,4-6,12H2,1-3H3/t7-,8+,9+/m0/s1. The predicted molar refractivity (Wildman–Crippen MR) is 57.4 cm³/mol. The summed E-state index contributed by atoms with van der Waals surface area (Å²) in [6.45, 7) is 6.48. The number of ether oxygens (including phenoxy) is 1. The van der Waals surface area contributed by atoms with Crippen molar-refractivity contribution in [3.05, 3.63) is 0 Å². The molecule has 2 rings (SSSR count). The minimum absolute atomic E-state index is 0.179. The second-order valence-corrected chi connectivity index (χ2v) is 5.59. The van der Waals surface area contributed by atoms with Crippen LogP contribution < -0.4 is 5.73 Å². The van der Waals surface area contributed by atoms with E-state index in [1.165, 1.54) is 0 Å². The molecule has 4 nitrogen and oxygen atoms in total. The number of carbonyl (C=O) groups is 1. The minimum atomic E-state index is -0.402. The number of nitrogens with two attached hydrogens (primary N) is 1. The fourth-order valence-corrected chi connectivity index (χ4v) is 2.48. The van der Waals surface area contributed by atoms with E-state index >= 15 is 0 Å². The van der Waals surface area contributed by atoms with Crippen molar-refractivity contribution in [2.75, 3.05) is 6.54 Å². The third kappa shape index (κ3) is 1.95. The van der Waals surface area contributed by atoms with Crippen LogP contribution in [-0.2, 0) is 4.74 Å². The highest BCUT2D eigenvalue weighted by Crippen LogP contribution is 2.39. The van der Waals surface area contributed by atoms with Gasteiger partial charge in [-0.2, -0.15) is 0 Å². The van der Waals surface area contributed by atoms with Crippen molar-refractivity contribution in [1.82, 2.24) is 4.90 Å². The fraction of sp³-hybridized carbons (Fsp3) is 0.909. The second-order valence-electron chi connectivity index (χ2n) is 5.59. The van der Waals surface area contributed by atoms with Crippen molar-refractivity contribution in [2.45, 2.75) is 51.3 Å². The third-order valence-corrected chi connectivity index (χ3v) is 3.29. The Morgan fingerprint density at radius 3 is 2.60 bits per heavy atom. The van der Waals surface area contributed by atoms with Crippen LogP contribution in [-0.4, -0.2) is 35.2 Å². The SMILES string of the molecule is CC(C)(C)OC(=O)N1CC[C@H]2[C@H](N)C[C@H]21. The summed E-state index contributed by atoms with van der Waals surface area (Å²) in [6, 6.07) is 0.636. The number of hydrogen-bond acceptors (Lipinski definition) is 3. The molecule has 1 amide bonds. The lowest BCUT2D eigenvalue weighted by atomic mass is 9.76. The minimum Gasteiger partial charge on any atom is -0.444 e. The number of fused-ring (bicyclic) bond motifs is 1. The summed E-state index contributed by atoms with van der Waals surface area (Å²) < 4.78 is 5.36. The predicted octanol–water partition coefficient (Wildman–Crippen LogP) is 1.34. The van der Waals surface area contributed by atoms with Crippen molar-refractivity contribution in [3.63, 3.8) is 0 Å². The van der Waals surface area contributed by atoms with E-state index in [2.05, 4.69) is 0 Å². The van der Waals surface area contributed by atoms with E-state index in [0.717, 1.165) is 19.4 Å².